The van der Waals surface area contributed by atoms with E-state index in [-0.39, 0.29) is 11.2 Å². The third-order valence-corrected chi connectivity index (χ3v) is 6.27. The Morgan fingerprint density at radius 3 is 2.33 bits per heavy atom. The van der Waals surface area contributed by atoms with Crippen LogP contribution in [0.25, 0.3) is 0 Å². The molecule has 2 saturated carbocycles. The van der Waals surface area contributed by atoms with Crippen LogP contribution in [0.3, 0.4) is 0 Å². The second-order valence-electron chi connectivity index (χ2n) is 8.52. The quantitative estimate of drug-likeness (QED) is 0.861. The monoisotopic (exact) mass is 295 g/mol. The molecule has 1 spiro atoms. The Morgan fingerprint density at radius 1 is 1.05 bits per heavy atom. The van der Waals surface area contributed by atoms with Gasteiger partial charge in [0.15, 0.2) is 0 Å². The highest BCUT2D eigenvalue weighted by Gasteiger charge is 2.44. The van der Waals surface area contributed by atoms with Crippen LogP contribution < -0.4 is 5.73 Å². The van der Waals surface area contributed by atoms with Crippen LogP contribution in [-0.2, 0) is 9.47 Å². The predicted octanol–water partition coefficient (Wildman–Crippen LogP) is 3.79. The summed E-state index contributed by atoms with van der Waals surface area (Å²) in [6.07, 6.45) is 12.3. The number of hydrogen-bond acceptors (Lipinski definition) is 3. The number of rotatable bonds is 3. The average molecular weight is 295 g/mol. The lowest BCUT2D eigenvalue weighted by molar-refractivity contribution is -0.183. The maximum Gasteiger partial charge on any atom is 0.0808 e. The number of hydrogen-bond donors (Lipinski definition) is 1. The van der Waals surface area contributed by atoms with E-state index >= 15 is 0 Å². The molecule has 1 aliphatic heterocycles. The van der Waals surface area contributed by atoms with Crippen LogP contribution in [0.2, 0.25) is 0 Å². The van der Waals surface area contributed by atoms with Crippen molar-refractivity contribution in [3.8, 4) is 0 Å². The normalized spacial score (nSPS) is 34.1. The minimum atomic E-state index is -0.0582. The summed E-state index contributed by atoms with van der Waals surface area (Å²) in [4.78, 5) is 0. The van der Waals surface area contributed by atoms with Crippen molar-refractivity contribution in [2.24, 2.45) is 11.1 Å². The van der Waals surface area contributed by atoms with Crippen molar-refractivity contribution < 1.29 is 9.47 Å². The van der Waals surface area contributed by atoms with Gasteiger partial charge in [0.25, 0.3) is 0 Å². The molecule has 2 aliphatic carbocycles. The molecule has 1 saturated heterocycles. The fourth-order valence-corrected chi connectivity index (χ4v) is 4.56. The van der Waals surface area contributed by atoms with Crippen LogP contribution in [0.5, 0.6) is 0 Å². The molecule has 0 radical (unpaired) electrons. The molecule has 3 rings (SSSR count). The van der Waals surface area contributed by atoms with Gasteiger partial charge in [-0.05, 0) is 50.4 Å². The van der Waals surface area contributed by atoms with Crippen molar-refractivity contribution >= 4 is 0 Å². The largest absolute Gasteiger partial charge is 0.375 e. The molecule has 21 heavy (non-hydrogen) atoms. The molecule has 3 aliphatic rings. The predicted molar refractivity (Wildman–Crippen MR) is 85.3 cm³/mol. The van der Waals surface area contributed by atoms with Crippen molar-refractivity contribution in [3.63, 3.8) is 0 Å². The zero-order valence-corrected chi connectivity index (χ0v) is 14.0. The smallest absolute Gasteiger partial charge is 0.0808 e. The number of nitrogens with two attached hydrogens (primary N) is 1. The molecule has 3 fully saturated rings. The van der Waals surface area contributed by atoms with E-state index in [0.717, 1.165) is 32.3 Å². The van der Waals surface area contributed by atoms with E-state index < -0.39 is 0 Å². The summed E-state index contributed by atoms with van der Waals surface area (Å²) < 4.78 is 12.8. The third kappa shape index (κ3) is 3.46. The molecule has 2 N–H and O–H groups in total. The first-order valence-corrected chi connectivity index (χ1v) is 8.99. The summed E-state index contributed by atoms with van der Waals surface area (Å²) in [6.45, 7) is 6.29. The molecular formula is C18H33NO2. The molecule has 0 amide bonds. The molecule has 1 atom stereocenters. The lowest BCUT2D eigenvalue weighted by Crippen LogP contribution is -2.50. The zero-order valence-electron chi connectivity index (χ0n) is 14.0. The Balaban J connectivity index is 1.61. The molecule has 3 heteroatoms. The van der Waals surface area contributed by atoms with Gasteiger partial charge in [0.05, 0.1) is 17.3 Å². The first-order chi connectivity index (χ1) is 9.97. The van der Waals surface area contributed by atoms with Gasteiger partial charge in [-0.3, -0.25) is 0 Å². The summed E-state index contributed by atoms with van der Waals surface area (Å²) in [7, 11) is 0. The van der Waals surface area contributed by atoms with E-state index in [1.165, 1.54) is 38.5 Å². The van der Waals surface area contributed by atoms with Crippen molar-refractivity contribution in [3.05, 3.63) is 0 Å². The maximum absolute atomic E-state index is 6.64. The van der Waals surface area contributed by atoms with Gasteiger partial charge in [-0.2, -0.15) is 0 Å². The second-order valence-corrected chi connectivity index (χ2v) is 8.52. The van der Waals surface area contributed by atoms with Gasteiger partial charge in [-0.1, -0.05) is 26.7 Å². The van der Waals surface area contributed by atoms with Crippen molar-refractivity contribution in [2.75, 3.05) is 13.2 Å². The van der Waals surface area contributed by atoms with E-state index in [1.54, 1.807) is 0 Å². The van der Waals surface area contributed by atoms with Gasteiger partial charge in [-0.25, -0.2) is 0 Å². The molecule has 122 valence electrons. The lowest BCUT2D eigenvalue weighted by Gasteiger charge is -2.47. The highest BCUT2D eigenvalue weighted by Crippen LogP contribution is 2.45. The summed E-state index contributed by atoms with van der Waals surface area (Å²) in [6, 6.07) is 0. The highest BCUT2D eigenvalue weighted by atomic mass is 16.5. The molecule has 1 unspecified atom stereocenters. The van der Waals surface area contributed by atoms with Gasteiger partial charge in [-0.15, -0.1) is 0 Å². The first-order valence-electron chi connectivity index (χ1n) is 8.99. The fraction of sp³-hybridized carbons (Fsp3) is 1.00. The SMILES string of the molecule is CC1(C)CCC(CN)(OC2CCOC3(CCCC3)C2)CC1. The van der Waals surface area contributed by atoms with Crippen LogP contribution >= 0.6 is 0 Å². The Kier molecular flexibility index (Phi) is 4.37. The van der Waals surface area contributed by atoms with E-state index in [9.17, 15) is 0 Å². The maximum atomic E-state index is 6.64. The third-order valence-electron chi connectivity index (χ3n) is 6.27. The molecule has 3 nitrogen and oxygen atoms in total. The van der Waals surface area contributed by atoms with E-state index in [2.05, 4.69) is 13.8 Å². The molecule has 0 aromatic carbocycles. The van der Waals surface area contributed by atoms with E-state index in [0.29, 0.717) is 18.1 Å². The first kappa shape index (κ1) is 15.8. The summed E-state index contributed by atoms with van der Waals surface area (Å²) in [5.41, 5.74) is 6.68. The van der Waals surface area contributed by atoms with Crippen molar-refractivity contribution in [2.45, 2.75) is 95.4 Å². The zero-order chi connectivity index (χ0) is 15.0. The number of ether oxygens (including phenoxy) is 2. The Morgan fingerprint density at radius 2 is 1.71 bits per heavy atom. The van der Waals surface area contributed by atoms with Gasteiger partial charge < -0.3 is 15.2 Å². The Hall–Kier alpha value is -0.120. The van der Waals surface area contributed by atoms with Crippen LogP contribution in [0.15, 0.2) is 0 Å². The molecule has 0 bridgehead atoms. The minimum absolute atomic E-state index is 0.0582. The standard InChI is InChI=1S/C18H33NO2/c1-16(2)8-10-18(14-19,11-9-16)21-15-5-12-20-17(13-15)6-3-4-7-17/h15H,3-14,19H2,1-2H3. The highest BCUT2D eigenvalue weighted by molar-refractivity contribution is 4.96. The molecule has 1 heterocycles. The topological polar surface area (TPSA) is 44.5 Å². The summed E-state index contributed by atoms with van der Waals surface area (Å²) in [5.74, 6) is 0. The van der Waals surface area contributed by atoms with Crippen LogP contribution in [0.1, 0.15) is 78.1 Å². The van der Waals surface area contributed by atoms with Crippen LogP contribution in [0.4, 0.5) is 0 Å². The van der Waals surface area contributed by atoms with Crippen LogP contribution in [-0.4, -0.2) is 30.5 Å². The summed E-state index contributed by atoms with van der Waals surface area (Å²) in [5, 5.41) is 0. The van der Waals surface area contributed by atoms with Crippen molar-refractivity contribution in [1.82, 2.24) is 0 Å². The van der Waals surface area contributed by atoms with Gasteiger partial charge in [0, 0.05) is 19.6 Å². The van der Waals surface area contributed by atoms with Gasteiger partial charge >= 0.3 is 0 Å². The Bertz CT molecular complexity index is 350. The molecular weight excluding hydrogens is 262 g/mol. The second kappa shape index (κ2) is 5.82. The van der Waals surface area contributed by atoms with E-state index in [1.807, 2.05) is 0 Å². The van der Waals surface area contributed by atoms with Crippen LogP contribution in [0, 0.1) is 5.41 Å². The van der Waals surface area contributed by atoms with Gasteiger partial charge in [0.1, 0.15) is 0 Å². The van der Waals surface area contributed by atoms with Gasteiger partial charge in [0.2, 0.25) is 0 Å². The average Bonchev–Trinajstić information content (AvgIpc) is 2.90. The van der Waals surface area contributed by atoms with Crippen molar-refractivity contribution in [1.29, 1.82) is 0 Å². The Labute approximate surface area is 129 Å². The lowest BCUT2D eigenvalue weighted by atomic mass is 9.70. The molecule has 0 aromatic rings. The minimum Gasteiger partial charge on any atom is -0.375 e. The fourth-order valence-electron chi connectivity index (χ4n) is 4.56. The van der Waals surface area contributed by atoms with E-state index in [4.69, 9.17) is 15.2 Å². The molecule has 0 aromatic heterocycles. The summed E-state index contributed by atoms with van der Waals surface area (Å²) >= 11 is 0.